The molecule has 2 fully saturated rings. The molecule has 5 nitrogen and oxygen atoms in total. The lowest BCUT2D eigenvalue weighted by molar-refractivity contribution is -0.140. The summed E-state index contributed by atoms with van der Waals surface area (Å²) in [5.41, 5.74) is 0.602. The predicted molar refractivity (Wildman–Crippen MR) is 82.5 cm³/mol. The first-order chi connectivity index (χ1) is 11.2. The second kappa shape index (κ2) is 4.49. The van der Waals surface area contributed by atoms with E-state index >= 15 is 0 Å². The summed E-state index contributed by atoms with van der Waals surface area (Å²) in [7, 11) is 0. The van der Waals surface area contributed by atoms with E-state index in [2.05, 4.69) is 17.5 Å². The maximum atomic E-state index is 13.0. The summed E-state index contributed by atoms with van der Waals surface area (Å²) < 4.78 is 5.80. The molecule has 4 atom stereocenters. The Kier molecular flexibility index (Phi) is 2.62. The summed E-state index contributed by atoms with van der Waals surface area (Å²) in [6, 6.07) is 1.77. The smallest absolute Gasteiger partial charge is 0.229 e. The highest BCUT2D eigenvalue weighted by atomic mass is 16.3. The number of allylic oxidation sites excluding steroid dienone is 1. The largest absolute Gasteiger partial charge is 0.467 e. The maximum Gasteiger partial charge on any atom is 0.229 e. The normalized spacial score (nSPS) is 39.7. The Morgan fingerprint density at radius 2 is 2.26 bits per heavy atom. The molecule has 1 N–H and O–H groups in total. The molecular formula is C18H20N2O3. The van der Waals surface area contributed by atoms with Crippen LogP contribution in [-0.4, -0.2) is 29.3 Å². The first-order valence-corrected chi connectivity index (χ1v) is 8.57. The Morgan fingerprint density at radius 1 is 1.35 bits per heavy atom. The van der Waals surface area contributed by atoms with E-state index in [1.807, 2.05) is 11.0 Å². The lowest BCUT2D eigenvalue weighted by atomic mass is 9.68. The Bertz CT molecular complexity index is 722. The minimum atomic E-state index is -0.539. The number of fused-ring (bicyclic) bond motifs is 5. The number of rotatable bonds is 0. The van der Waals surface area contributed by atoms with Crippen molar-refractivity contribution in [3.8, 4) is 0 Å². The van der Waals surface area contributed by atoms with E-state index in [9.17, 15) is 9.59 Å². The molecule has 1 aromatic rings. The van der Waals surface area contributed by atoms with Crippen LogP contribution in [0, 0.1) is 5.41 Å². The Balaban J connectivity index is 1.71. The van der Waals surface area contributed by atoms with Crippen molar-refractivity contribution in [1.29, 1.82) is 0 Å². The van der Waals surface area contributed by atoms with Gasteiger partial charge in [-0.1, -0.05) is 12.2 Å². The molecule has 0 unspecified atom stereocenters. The van der Waals surface area contributed by atoms with Gasteiger partial charge in [-0.3, -0.25) is 9.59 Å². The molecule has 1 aromatic heterocycles. The van der Waals surface area contributed by atoms with Gasteiger partial charge in [-0.2, -0.15) is 0 Å². The van der Waals surface area contributed by atoms with Gasteiger partial charge >= 0.3 is 0 Å². The molecule has 0 aromatic carbocycles. The van der Waals surface area contributed by atoms with Crippen LogP contribution in [0.5, 0.6) is 0 Å². The number of nitrogens with one attached hydrogen (secondary N) is 1. The molecule has 5 heteroatoms. The number of hydrogen-bond acceptors (Lipinski definition) is 3. The van der Waals surface area contributed by atoms with Crippen molar-refractivity contribution in [2.45, 2.75) is 50.1 Å². The number of hydrogen-bond donors (Lipinski definition) is 1. The van der Waals surface area contributed by atoms with Gasteiger partial charge in [-0.15, -0.1) is 0 Å². The molecule has 120 valence electrons. The van der Waals surface area contributed by atoms with Crippen molar-refractivity contribution in [3.63, 3.8) is 0 Å². The van der Waals surface area contributed by atoms with Gasteiger partial charge in [-0.25, -0.2) is 0 Å². The van der Waals surface area contributed by atoms with Crippen molar-refractivity contribution < 1.29 is 14.0 Å². The second-order valence-corrected chi connectivity index (χ2v) is 7.17. The van der Waals surface area contributed by atoms with Crippen LogP contribution in [0.1, 0.15) is 55.4 Å². The topological polar surface area (TPSA) is 62.6 Å². The molecular weight excluding hydrogens is 292 g/mol. The summed E-state index contributed by atoms with van der Waals surface area (Å²) >= 11 is 0. The summed E-state index contributed by atoms with van der Waals surface area (Å²) in [5.74, 6) is 1.27. The molecule has 2 saturated heterocycles. The zero-order chi connectivity index (χ0) is 15.6. The van der Waals surface area contributed by atoms with Gasteiger partial charge < -0.3 is 14.6 Å². The molecule has 4 aliphatic rings. The highest BCUT2D eigenvalue weighted by Gasteiger charge is 2.68. The molecule has 1 aliphatic carbocycles. The lowest BCUT2D eigenvalue weighted by Gasteiger charge is -2.38. The van der Waals surface area contributed by atoms with Gasteiger partial charge in [0.1, 0.15) is 11.8 Å². The van der Waals surface area contributed by atoms with Crippen LogP contribution < -0.4 is 5.32 Å². The quantitative estimate of drug-likeness (QED) is 0.748. The molecule has 2 amide bonds. The number of furan rings is 1. The number of nitrogens with zero attached hydrogens (tertiary/aromatic N) is 1. The zero-order valence-electron chi connectivity index (χ0n) is 13.0. The highest BCUT2D eigenvalue weighted by Crippen LogP contribution is 2.66. The summed E-state index contributed by atoms with van der Waals surface area (Å²) in [6.45, 7) is 0.705. The van der Waals surface area contributed by atoms with E-state index in [1.165, 1.54) is 0 Å². The highest BCUT2D eigenvalue weighted by molar-refractivity contribution is 5.90. The van der Waals surface area contributed by atoms with Gasteiger partial charge in [-0.05, 0) is 31.7 Å². The van der Waals surface area contributed by atoms with Crippen LogP contribution >= 0.6 is 0 Å². The number of piperidine rings is 1. The molecule has 0 saturated carbocycles. The van der Waals surface area contributed by atoms with E-state index in [1.54, 1.807) is 6.26 Å². The van der Waals surface area contributed by atoms with E-state index in [-0.39, 0.29) is 29.8 Å². The van der Waals surface area contributed by atoms with Crippen LogP contribution in [0.25, 0.3) is 0 Å². The predicted octanol–water partition coefficient (Wildman–Crippen LogP) is 2.27. The summed E-state index contributed by atoms with van der Waals surface area (Å²) in [4.78, 5) is 27.7. The first kappa shape index (κ1) is 13.4. The minimum Gasteiger partial charge on any atom is -0.467 e. The Hall–Kier alpha value is -2.04. The zero-order valence-corrected chi connectivity index (χ0v) is 13.0. The van der Waals surface area contributed by atoms with E-state index in [0.29, 0.717) is 19.4 Å². The van der Waals surface area contributed by atoms with Gasteiger partial charge in [0.25, 0.3) is 0 Å². The number of carbonyl (C=O) groups excluding carboxylic acids is 2. The van der Waals surface area contributed by atoms with Crippen molar-refractivity contribution in [1.82, 2.24) is 10.2 Å². The number of amides is 2. The number of carbonyl (C=O) groups is 2. The molecule has 1 spiro atoms. The average Bonchev–Trinajstić information content (AvgIpc) is 3.15. The SMILES string of the molecule is O=C1CCC/C=C\[C@H]2C[C@]34C(=O)NCC[C@H]3c3ccoc3[C@@H]4N12. The Labute approximate surface area is 134 Å². The molecule has 0 bridgehead atoms. The van der Waals surface area contributed by atoms with Gasteiger partial charge in [0.05, 0.1) is 17.7 Å². The van der Waals surface area contributed by atoms with Crippen molar-refractivity contribution >= 4 is 11.8 Å². The molecule has 0 radical (unpaired) electrons. The van der Waals surface area contributed by atoms with Gasteiger partial charge in [0.2, 0.25) is 11.8 Å². The van der Waals surface area contributed by atoms with Crippen LogP contribution in [0.3, 0.4) is 0 Å². The van der Waals surface area contributed by atoms with Crippen molar-refractivity contribution in [2.75, 3.05) is 6.54 Å². The molecule has 5 rings (SSSR count). The second-order valence-electron chi connectivity index (χ2n) is 7.17. The monoisotopic (exact) mass is 312 g/mol. The maximum absolute atomic E-state index is 13.0. The fourth-order valence-corrected chi connectivity index (χ4v) is 5.33. The average molecular weight is 312 g/mol. The molecule has 3 aliphatic heterocycles. The van der Waals surface area contributed by atoms with E-state index in [4.69, 9.17) is 4.42 Å². The van der Waals surface area contributed by atoms with Crippen LogP contribution in [0.15, 0.2) is 28.9 Å². The van der Waals surface area contributed by atoms with Crippen LogP contribution in [0.2, 0.25) is 0 Å². The van der Waals surface area contributed by atoms with E-state index in [0.717, 1.165) is 30.6 Å². The molecule has 23 heavy (non-hydrogen) atoms. The fourth-order valence-electron chi connectivity index (χ4n) is 5.33. The third-order valence-electron chi connectivity index (χ3n) is 6.19. The molecule has 4 heterocycles. The fraction of sp³-hybridized carbons (Fsp3) is 0.556. The summed E-state index contributed by atoms with van der Waals surface area (Å²) in [6.07, 6.45) is 10.0. The standard InChI is InChI=1S/C18H20N2O3/c21-14-5-3-1-2-4-11-10-18-13(6-8-19-17(18)22)12-7-9-23-15(12)16(18)20(11)14/h2,4,7,9,11,13,16H,1,3,5-6,8,10H2,(H,19,22)/b4-2-/t11-,13-,16-,18-/m0/s1. The van der Waals surface area contributed by atoms with Gasteiger partial charge in [0.15, 0.2) is 0 Å². The third kappa shape index (κ3) is 1.53. The van der Waals surface area contributed by atoms with Gasteiger partial charge in [0, 0.05) is 24.4 Å². The van der Waals surface area contributed by atoms with Crippen LogP contribution in [0.4, 0.5) is 0 Å². The van der Waals surface area contributed by atoms with Crippen LogP contribution in [-0.2, 0) is 9.59 Å². The minimum absolute atomic E-state index is 0.0115. The van der Waals surface area contributed by atoms with Crippen molar-refractivity contribution in [3.05, 3.63) is 35.8 Å². The van der Waals surface area contributed by atoms with Crippen molar-refractivity contribution in [2.24, 2.45) is 5.41 Å². The Morgan fingerprint density at radius 3 is 3.17 bits per heavy atom. The lowest BCUT2D eigenvalue weighted by Crippen LogP contribution is -2.50. The third-order valence-corrected chi connectivity index (χ3v) is 6.19. The van der Waals surface area contributed by atoms with E-state index < -0.39 is 5.41 Å². The summed E-state index contributed by atoms with van der Waals surface area (Å²) in [5, 5.41) is 3.05. The first-order valence-electron chi connectivity index (χ1n) is 8.57.